The normalized spacial score (nSPS) is 24.8. The zero-order chi connectivity index (χ0) is 26.1. The van der Waals surface area contributed by atoms with Crippen LogP contribution in [-0.4, -0.2) is 74.0 Å². The van der Waals surface area contributed by atoms with Gasteiger partial charge in [-0.05, 0) is 51.0 Å². The molecule has 3 atom stereocenters. The van der Waals surface area contributed by atoms with E-state index in [0.29, 0.717) is 48.3 Å². The topological polar surface area (TPSA) is 164 Å². The van der Waals surface area contributed by atoms with Crippen molar-refractivity contribution in [2.45, 2.75) is 73.4 Å². The summed E-state index contributed by atoms with van der Waals surface area (Å²) in [4.78, 5) is 23.4. The highest BCUT2D eigenvalue weighted by atomic mass is 32.2. The first kappa shape index (κ1) is 24.3. The zero-order valence-corrected chi connectivity index (χ0v) is 21.4. The Morgan fingerprint density at radius 1 is 1.19 bits per heavy atom. The number of aliphatic hydroxyl groups is 2. The Hall–Kier alpha value is -3.09. The molecule has 5 heterocycles. The van der Waals surface area contributed by atoms with Gasteiger partial charge >= 0.3 is 0 Å². The number of nitrogens with two attached hydrogens (primary N) is 1. The molecular formula is C25H30N6O5S. The molecular weight excluding hydrogens is 496 g/mol. The third-order valence-corrected chi connectivity index (χ3v) is 9.47. The fourth-order valence-corrected chi connectivity index (χ4v) is 7.42. The van der Waals surface area contributed by atoms with Crippen molar-refractivity contribution in [3.05, 3.63) is 35.9 Å². The summed E-state index contributed by atoms with van der Waals surface area (Å²) in [6, 6.07) is 3.51. The molecule has 2 saturated heterocycles. The van der Waals surface area contributed by atoms with Crippen LogP contribution in [0.5, 0.6) is 0 Å². The summed E-state index contributed by atoms with van der Waals surface area (Å²) in [5, 5.41) is 24.4. The fraction of sp³-hybridized carbons (Fsp3) is 0.520. The minimum absolute atomic E-state index is 0.00307. The van der Waals surface area contributed by atoms with Gasteiger partial charge in [0.15, 0.2) is 15.5 Å². The summed E-state index contributed by atoms with van der Waals surface area (Å²) in [6.45, 7) is -0.535. The minimum atomic E-state index is -3.74. The van der Waals surface area contributed by atoms with Gasteiger partial charge < -0.3 is 20.8 Å². The van der Waals surface area contributed by atoms with Gasteiger partial charge in [0.25, 0.3) is 0 Å². The highest BCUT2D eigenvalue weighted by Gasteiger charge is 2.45. The van der Waals surface area contributed by atoms with Gasteiger partial charge in [-0.15, -0.1) is 0 Å². The lowest BCUT2D eigenvalue weighted by Gasteiger charge is -2.39. The first-order valence-electron chi connectivity index (χ1n) is 12.6. The molecule has 11 nitrogen and oxygen atoms in total. The van der Waals surface area contributed by atoms with Crippen molar-refractivity contribution >= 4 is 27.2 Å². The van der Waals surface area contributed by atoms with E-state index in [9.17, 15) is 23.4 Å². The van der Waals surface area contributed by atoms with Crippen LogP contribution < -0.4 is 5.73 Å². The van der Waals surface area contributed by atoms with E-state index in [1.54, 1.807) is 23.4 Å². The second-order valence-electron chi connectivity index (χ2n) is 10.6. The molecule has 1 saturated carbocycles. The van der Waals surface area contributed by atoms with Gasteiger partial charge in [0.05, 0.1) is 17.6 Å². The maximum atomic E-state index is 12.9. The first-order chi connectivity index (χ1) is 17.6. The van der Waals surface area contributed by atoms with Crippen LogP contribution >= 0.6 is 0 Å². The monoisotopic (exact) mass is 526 g/mol. The highest BCUT2D eigenvalue weighted by molar-refractivity contribution is 7.91. The molecule has 0 unspecified atom stereocenters. The van der Waals surface area contributed by atoms with Crippen LogP contribution in [0.2, 0.25) is 0 Å². The number of hydrogen-bond donors (Lipinski definition) is 3. The molecule has 3 aliphatic rings. The standard InChI is InChI=1S/C25H30N6O5S/c1-37(35,36)22-21(15-9-16-4-5-17(10-15)30(16)20(33)13-32)29-24-18(12-28-31(24)23(22)26)14-3-6-19(27-11-14)25(34)7-2-8-25/h3,6,11-12,15-17,32,34H,2,4-5,7-10,13,26H2,1H3/t15-,16+,17-. The molecule has 196 valence electrons. The largest absolute Gasteiger partial charge is 0.387 e. The van der Waals surface area contributed by atoms with Crippen LogP contribution in [0.1, 0.15) is 62.3 Å². The van der Waals surface area contributed by atoms with Gasteiger partial charge in [-0.2, -0.15) is 9.61 Å². The van der Waals surface area contributed by atoms with Gasteiger partial charge in [-0.3, -0.25) is 9.78 Å². The van der Waals surface area contributed by atoms with E-state index in [-0.39, 0.29) is 34.6 Å². The van der Waals surface area contributed by atoms with Gasteiger partial charge in [-0.25, -0.2) is 13.4 Å². The highest BCUT2D eigenvalue weighted by Crippen LogP contribution is 2.45. The molecule has 1 aliphatic carbocycles. The lowest BCUT2D eigenvalue weighted by Crippen LogP contribution is -2.47. The van der Waals surface area contributed by atoms with E-state index in [2.05, 4.69) is 10.1 Å². The first-order valence-corrected chi connectivity index (χ1v) is 14.5. The number of carbonyl (C=O) groups is 1. The number of rotatable bonds is 5. The number of nitrogen functional groups attached to an aromatic ring is 1. The molecule has 2 aliphatic heterocycles. The maximum absolute atomic E-state index is 12.9. The van der Waals surface area contributed by atoms with E-state index < -0.39 is 22.0 Å². The summed E-state index contributed by atoms with van der Waals surface area (Å²) in [6.07, 6.45) is 9.44. The maximum Gasteiger partial charge on any atom is 0.248 e. The summed E-state index contributed by atoms with van der Waals surface area (Å²) in [5.74, 6) is -0.505. The molecule has 12 heteroatoms. The predicted molar refractivity (Wildman–Crippen MR) is 134 cm³/mol. The van der Waals surface area contributed by atoms with E-state index in [0.717, 1.165) is 31.1 Å². The number of aromatic nitrogens is 4. The Morgan fingerprint density at radius 2 is 1.89 bits per heavy atom. The third kappa shape index (κ3) is 3.80. The van der Waals surface area contributed by atoms with Gasteiger partial charge in [0.2, 0.25) is 5.91 Å². The summed E-state index contributed by atoms with van der Waals surface area (Å²) < 4.78 is 27.2. The van der Waals surface area contributed by atoms with Gasteiger partial charge in [-0.1, -0.05) is 6.07 Å². The van der Waals surface area contributed by atoms with E-state index in [1.165, 1.54) is 4.52 Å². The molecule has 6 rings (SSSR count). The van der Waals surface area contributed by atoms with Crippen LogP contribution in [0.4, 0.5) is 5.82 Å². The van der Waals surface area contributed by atoms with Crippen LogP contribution in [-0.2, 0) is 20.2 Å². The Morgan fingerprint density at radius 3 is 2.43 bits per heavy atom. The number of hydrogen-bond acceptors (Lipinski definition) is 9. The van der Waals surface area contributed by atoms with Crippen molar-refractivity contribution in [3.8, 4) is 11.1 Å². The van der Waals surface area contributed by atoms with E-state index in [4.69, 9.17) is 10.7 Å². The van der Waals surface area contributed by atoms with E-state index >= 15 is 0 Å². The second-order valence-corrected chi connectivity index (χ2v) is 12.6. The number of carbonyl (C=O) groups excluding carboxylic acids is 1. The van der Waals surface area contributed by atoms with Crippen molar-refractivity contribution < 1.29 is 23.4 Å². The van der Waals surface area contributed by atoms with Crippen molar-refractivity contribution in [2.24, 2.45) is 0 Å². The Balaban J connectivity index is 1.44. The van der Waals surface area contributed by atoms with E-state index in [1.807, 2.05) is 6.07 Å². The van der Waals surface area contributed by atoms with Gasteiger partial charge in [0.1, 0.15) is 22.9 Å². The van der Waals surface area contributed by atoms with Crippen LogP contribution in [0.25, 0.3) is 16.8 Å². The number of amides is 1. The number of anilines is 1. The fourth-order valence-electron chi connectivity index (χ4n) is 6.36. The van der Waals surface area contributed by atoms with Crippen molar-refractivity contribution in [3.63, 3.8) is 0 Å². The van der Waals surface area contributed by atoms with Crippen LogP contribution in [0.3, 0.4) is 0 Å². The molecule has 4 N–H and O–H groups in total. The lowest BCUT2D eigenvalue weighted by atomic mass is 9.77. The lowest BCUT2D eigenvalue weighted by molar-refractivity contribution is -0.138. The van der Waals surface area contributed by atoms with Crippen LogP contribution in [0, 0.1) is 0 Å². The summed E-state index contributed by atoms with van der Waals surface area (Å²) >= 11 is 0. The Kier molecular flexibility index (Phi) is 5.55. The number of fused-ring (bicyclic) bond motifs is 3. The number of piperidine rings is 1. The molecule has 3 fully saturated rings. The minimum Gasteiger partial charge on any atom is -0.387 e. The Labute approximate surface area is 214 Å². The molecule has 0 spiro atoms. The molecule has 2 bridgehead atoms. The molecule has 1 amide bonds. The summed E-state index contributed by atoms with van der Waals surface area (Å²) in [7, 11) is -3.74. The quantitative estimate of drug-likeness (QED) is 0.445. The average Bonchev–Trinajstić information content (AvgIpc) is 3.39. The van der Waals surface area contributed by atoms with Crippen molar-refractivity contribution in [1.82, 2.24) is 24.5 Å². The zero-order valence-electron chi connectivity index (χ0n) is 20.5. The Bertz CT molecular complexity index is 1480. The smallest absolute Gasteiger partial charge is 0.248 e. The SMILES string of the molecule is CS(=O)(=O)c1c([C@H]2C[C@H]3CC[C@@H](C2)N3C(=O)CO)nc2c(-c3ccc(C4(O)CCC4)nc3)cnn2c1N. The van der Waals surface area contributed by atoms with Gasteiger partial charge in [0, 0.05) is 41.6 Å². The van der Waals surface area contributed by atoms with Crippen molar-refractivity contribution in [2.75, 3.05) is 18.6 Å². The summed E-state index contributed by atoms with van der Waals surface area (Å²) in [5.41, 5.74) is 8.40. The van der Waals surface area contributed by atoms with Crippen molar-refractivity contribution in [1.29, 1.82) is 0 Å². The molecule has 37 heavy (non-hydrogen) atoms. The molecule has 3 aromatic rings. The predicted octanol–water partition coefficient (Wildman–Crippen LogP) is 1.38. The second kappa shape index (κ2) is 8.47. The molecule has 0 aromatic carbocycles. The number of pyridine rings is 1. The third-order valence-electron chi connectivity index (χ3n) is 8.31. The number of sulfone groups is 1. The number of nitrogens with zero attached hydrogens (tertiary/aromatic N) is 5. The van der Waals surface area contributed by atoms with Crippen LogP contribution in [0.15, 0.2) is 29.4 Å². The number of aliphatic hydroxyl groups excluding tert-OH is 1. The average molecular weight is 527 g/mol. The molecule has 0 radical (unpaired) electrons. The molecule has 3 aromatic heterocycles.